The van der Waals surface area contributed by atoms with Gasteiger partial charge in [0.1, 0.15) is 0 Å². The van der Waals surface area contributed by atoms with E-state index >= 15 is 0 Å². The van der Waals surface area contributed by atoms with E-state index in [2.05, 4.69) is 0 Å². The van der Waals surface area contributed by atoms with Crippen molar-refractivity contribution in [3.05, 3.63) is 29.8 Å². The minimum Gasteiger partial charge on any atom is -0.478 e. The van der Waals surface area contributed by atoms with E-state index in [9.17, 15) is 13.2 Å². The number of hydrogen-bond acceptors (Lipinski definition) is 3. The summed E-state index contributed by atoms with van der Waals surface area (Å²) in [6.07, 6.45) is 1.48. The second-order valence-electron chi connectivity index (χ2n) is 4.23. The zero-order chi connectivity index (χ0) is 14.5. The van der Waals surface area contributed by atoms with Crippen molar-refractivity contribution in [2.75, 3.05) is 13.1 Å². The van der Waals surface area contributed by atoms with E-state index in [-0.39, 0.29) is 80.2 Å². The summed E-state index contributed by atoms with van der Waals surface area (Å²) in [6, 6.07) is 5.31. The van der Waals surface area contributed by atoms with E-state index in [1.165, 1.54) is 28.6 Å². The summed E-state index contributed by atoms with van der Waals surface area (Å²) in [6.45, 7) is 4.78. The summed E-state index contributed by atoms with van der Waals surface area (Å²) in [5.74, 6) is -1.07. The SMILES string of the molecule is CCCN(CCC)S(=O)(=O)c1ccc(C(=O)O)cc1.O.O.O.O.O.O.[Lu]. The fraction of sp³-hybridized carbons (Fsp3) is 0.462. The third-order valence-electron chi connectivity index (χ3n) is 2.69. The van der Waals surface area contributed by atoms with E-state index in [1.54, 1.807) is 0 Å². The maximum Gasteiger partial charge on any atom is 0.335 e. The number of rotatable bonds is 7. The Morgan fingerprint density at radius 1 is 0.885 bits per heavy atom. The number of carboxylic acids is 1. The zero-order valence-electron chi connectivity index (χ0n) is 14.4. The van der Waals surface area contributed by atoms with Crippen LogP contribution < -0.4 is 0 Å². The molecule has 0 aliphatic rings. The smallest absolute Gasteiger partial charge is 0.335 e. The molecule has 0 fully saturated rings. The van der Waals surface area contributed by atoms with Crippen LogP contribution in [-0.2, 0) is 10.0 Å². The minimum atomic E-state index is -3.53. The van der Waals surface area contributed by atoms with Gasteiger partial charge in [-0.2, -0.15) is 4.31 Å². The van der Waals surface area contributed by atoms with Crippen LogP contribution in [0.2, 0.25) is 0 Å². The van der Waals surface area contributed by atoms with Crippen molar-refractivity contribution in [1.82, 2.24) is 4.31 Å². The van der Waals surface area contributed by atoms with Gasteiger partial charge in [0.2, 0.25) is 10.0 Å². The van der Waals surface area contributed by atoms with Gasteiger partial charge in [0.05, 0.1) is 10.5 Å². The first-order chi connectivity index (χ1) is 8.93. The van der Waals surface area contributed by atoms with Crippen molar-refractivity contribution >= 4 is 16.0 Å². The van der Waals surface area contributed by atoms with Gasteiger partial charge in [0, 0.05) is 50.0 Å². The summed E-state index contributed by atoms with van der Waals surface area (Å²) >= 11 is 0. The van der Waals surface area contributed by atoms with Crippen LogP contribution in [-0.4, -0.2) is 69.7 Å². The van der Waals surface area contributed by atoms with Gasteiger partial charge in [-0.15, -0.1) is 0 Å². The molecule has 0 atom stereocenters. The zero-order valence-corrected chi connectivity index (χ0v) is 16.9. The van der Waals surface area contributed by atoms with Crippen molar-refractivity contribution < 1.29 is 88.1 Å². The Kier molecular flexibility index (Phi) is 36.0. The van der Waals surface area contributed by atoms with E-state index < -0.39 is 16.0 Å². The monoisotopic (exact) mass is 568 g/mol. The van der Waals surface area contributed by atoms with Gasteiger partial charge >= 0.3 is 5.97 Å². The molecule has 13 N–H and O–H groups in total. The molecule has 1 radical (unpaired) electrons. The molecule has 0 saturated heterocycles. The fourth-order valence-electron chi connectivity index (χ4n) is 1.77. The number of carboxylic acid groups (broad SMARTS) is 1. The Hall–Kier alpha value is -0.406. The number of aromatic carboxylic acids is 1. The first-order valence-electron chi connectivity index (χ1n) is 6.27. The van der Waals surface area contributed by atoms with Crippen molar-refractivity contribution in [3.63, 3.8) is 0 Å². The number of sulfonamides is 1. The average Bonchev–Trinajstić information content (AvgIpc) is 2.38. The quantitative estimate of drug-likeness (QED) is 0.366. The molecule has 0 aromatic heterocycles. The van der Waals surface area contributed by atoms with E-state index in [4.69, 9.17) is 5.11 Å². The molecule has 1 rings (SSSR count). The molecule has 0 amide bonds. The Bertz CT molecular complexity index is 532. The molecule has 1 aromatic rings. The normalized spacial score (nSPS) is 8.58. The number of carbonyl (C=O) groups is 1. The molecule has 0 unspecified atom stereocenters. The van der Waals surface area contributed by atoms with Gasteiger partial charge < -0.3 is 38.0 Å². The first kappa shape index (κ1) is 44.8. The third-order valence-corrected chi connectivity index (χ3v) is 4.60. The molecule has 0 heterocycles. The summed E-state index contributed by atoms with van der Waals surface area (Å²) in [5, 5.41) is 8.80. The Labute approximate surface area is 182 Å². The summed E-state index contributed by atoms with van der Waals surface area (Å²) in [5.41, 5.74) is 0.0801. The maximum atomic E-state index is 12.4. The largest absolute Gasteiger partial charge is 0.478 e. The number of nitrogens with zero attached hydrogens (tertiary/aromatic N) is 1. The van der Waals surface area contributed by atoms with Crippen LogP contribution in [0.5, 0.6) is 0 Å². The van der Waals surface area contributed by atoms with Gasteiger partial charge in [-0.05, 0) is 37.1 Å². The van der Waals surface area contributed by atoms with E-state index in [1.807, 2.05) is 13.8 Å². The standard InChI is InChI=1S/C13H19NO4S.Lu.6H2O/c1-3-9-14(10-4-2)19(17,18)12-7-5-11(6-8-12)13(15)16;;;;;;;/h5-8H,3-4,9-10H2,1-2H3,(H,15,16);;6*1H2. The predicted octanol–water partition coefficient (Wildman–Crippen LogP) is -2.75. The molecule has 11 nitrogen and oxygen atoms in total. The Morgan fingerprint density at radius 3 is 1.50 bits per heavy atom. The molecule has 0 bridgehead atoms. The number of benzene rings is 1. The van der Waals surface area contributed by atoms with Gasteiger partial charge in [0.25, 0.3) is 0 Å². The molecule has 1 aromatic carbocycles. The Morgan fingerprint density at radius 2 is 1.23 bits per heavy atom. The molecule has 0 spiro atoms. The molecule has 0 aliphatic heterocycles. The van der Waals surface area contributed by atoms with Gasteiger partial charge in [-0.25, -0.2) is 13.2 Å². The van der Waals surface area contributed by atoms with Gasteiger partial charge in [-0.1, -0.05) is 13.8 Å². The van der Waals surface area contributed by atoms with Crippen molar-refractivity contribution in [1.29, 1.82) is 0 Å². The van der Waals surface area contributed by atoms with Crippen LogP contribution in [0.15, 0.2) is 29.2 Å². The van der Waals surface area contributed by atoms with Gasteiger partial charge in [0.15, 0.2) is 0 Å². The van der Waals surface area contributed by atoms with Crippen molar-refractivity contribution in [2.45, 2.75) is 31.6 Å². The van der Waals surface area contributed by atoms with E-state index in [0.717, 1.165) is 12.8 Å². The van der Waals surface area contributed by atoms with Crippen LogP contribution in [0.3, 0.4) is 0 Å². The predicted molar refractivity (Wildman–Crippen MR) is 94.4 cm³/mol. The van der Waals surface area contributed by atoms with Crippen molar-refractivity contribution in [2.24, 2.45) is 0 Å². The molecule has 13 heteroatoms. The summed E-state index contributed by atoms with van der Waals surface area (Å²) in [7, 11) is -3.53. The molecule has 0 saturated carbocycles. The summed E-state index contributed by atoms with van der Waals surface area (Å²) in [4.78, 5) is 10.9. The van der Waals surface area contributed by atoms with Crippen LogP contribution >= 0.6 is 0 Å². The van der Waals surface area contributed by atoms with Crippen LogP contribution in [0.25, 0.3) is 0 Å². The first-order valence-corrected chi connectivity index (χ1v) is 7.71. The van der Waals surface area contributed by atoms with Crippen LogP contribution in [0, 0.1) is 36.9 Å². The molecule has 169 valence electrons. The number of hydrogen-bond donors (Lipinski definition) is 1. The van der Waals surface area contributed by atoms with Crippen LogP contribution in [0.4, 0.5) is 0 Å². The fourth-order valence-corrected chi connectivity index (χ4v) is 3.39. The molecule has 0 aliphatic carbocycles. The second-order valence-corrected chi connectivity index (χ2v) is 6.17. The van der Waals surface area contributed by atoms with Gasteiger partial charge in [-0.3, -0.25) is 0 Å². The molecular weight excluding hydrogens is 537 g/mol. The van der Waals surface area contributed by atoms with Crippen LogP contribution in [0.1, 0.15) is 37.0 Å². The second kappa shape index (κ2) is 20.9. The summed E-state index contributed by atoms with van der Waals surface area (Å²) < 4.78 is 26.2. The van der Waals surface area contributed by atoms with Crippen molar-refractivity contribution in [3.8, 4) is 0 Å². The Balaban J connectivity index is -0.000000103. The van der Waals surface area contributed by atoms with E-state index in [0.29, 0.717) is 13.1 Å². The third kappa shape index (κ3) is 12.1. The molecule has 26 heavy (non-hydrogen) atoms. The average molecular weight is 568 g/mol. The topological polar surface area (TPSA) is 264 Å². The maximum absolute atomic E-state index is 12.4. The molecular formula is C13H31LuNO10S. The minimum absolute atomic E-state index is 0.